The molecule has 0 bridgehead atoms. The Hall–Kier alpha value is -2.49. The third kappa shape index (κ3) is 2.75. The Balaban J connectivity index is 2.21. The summed E-state index contributed by atoms with van der Waals surface area (Å²) in [4.78, 5) is 10.8. The average molecular weight is 229 g/mol. The number of carbonyl (C=O) groups is 1. The minimum absolute atomic E-state index is 0.190. The zero-order valence-corrected chi connectivity index (χ0v) is 8.92. The average Bonchev–Trinajstić information content (AvgIpc) is 2.32. The van der Waals surface area contributed by atoms with Crippen LogP contribution in [-0.4, -0.2) is 16.2 Å². The Morgan fingerprint density at radius 3 is 2.35 bits per heavy atom. The predicted octanol–water partition coefficient (Wildman–Crippen LogP) is 2.83. The van der Waals surface area contributed by atoms with E-state index in [1.54, 1.807) is 42.5 Å². The van der Waals surface area contributed by atoms with Crippen LogP contribution in [-0.2, 0) is 0 Å². The van der Waals surface area contributed by atoms with Crippen LogP contribution < -0.4 is 5.32 Å². The molecule has 0 fully saturated rings. The molecule has 2 rings (SSSR count). The van der Waals surface area contributed by atoms with Crippen molar-refractivity contribution in [2.75, 3.05) is 5.32 Å². The van der Waals surface area contributed by atoms with Gasteiger partial charge in [-0.05, 0) is 42.5 Å². The smallest absolute Gasteiger partial charge is 0.335 e. The first kappa shape index (κ1) is 11.0. The van der Waals surface area contributed by atoms with E-state index in [9.17, 15) is 4.79 Å². The molecule has 0 saturated carbocycles. The van der Waals surface area contributed by atoms with Gasteiger partial charge < -0.3 is 15.5 Å². The van der Waals surface area contributed by atoms with Gasteiger partial charge in [-0.1, -0.05) is 6.07 Å². The van der Waals surface area contributed by atoms with Crippen LogP contribution in [0, 0.1) is 0 Å². The lowest BCUT2D eigenvalue weighted by molar-refractivity contribution is 0.0697. The summed E-state index contributed by atoms with van der Waals surface area (Å²) in [6.07, 6.45) is 0. The number of aromatic hydroxyl groups is 1. The van der Waals surface area contributed by atoms with E-state index in [1.807, 2.05) is 0 Å². The summed E-state index contributed by atoms with van der Waals surface area (Å²) in [6, 6.07) is 13.1. The number of aromatic carboxylic acids is 1. The number of carboxylic acids is 1. The van der Waals surface area contributed by atoms with E-state index < -0.39 is 5.97 Å². The van der Waals surface area contributed by atoms with Crippen LogP contribution in [0.5, 0.6) is 5.75 Å². The number of hydrogen-bond acceptors (Lipinski definition) is 3. The lowest BCUT2D eigenvalue weighted by Gasteiger charge is -2.07. The lowest BCUT2D eigenvalue weighted by atomic mass is 10.2. The fraction of sp³-hybridized carbons (Fsp3) is 0. The molecular weight excluding hydrogens is 218 g/mol. The number of benzene rings is 2. The maximum atomic E-state index is 10.8. The van der Waals surface area contributed by atoms with E-state index in [2.05, 4.69) is 5.32 Å². The fourth-order valence-corrected chi connectivity index (χ4v) is 1.44. The van der Waals surface area contributed by atoms with Crippen molar-refractivity contribution >= 4 is 17.3 Å². The molecule has 0 aromatic heterocycles. The highest BCUT2D eigenvalue weighted by Crippen LogP contribution is 2.20. The SMILES string of the molecule is O=C(O)c1cccc(Nc2ccc(O)cc2)c1. The maximum Gasteiger partial charge on any atom is 0.335 e. The number of nitrogens with one attached hydrogen (secondary N) is 1. The Kier molecular flexibility index (Phi) is 2.96. The summed E-state index contributed by atoms with van der Waals surface area (Å²) >= 11 is 0. The molecule has 0 spiro atoms. The molecule has 0 radical (unpaired) electrons. The first-order valence-corrected chi connectivity index (χ1v) is 5.04. The molecule has 2 aromatic rings. The second kappa shape index (κ2) is 4.57. The summed E-state index contributed by atoms with van der Waals surface area (Å²) in [7, 11) is 0. The van der Waals surface area contributed by atoms with Gasteiger partial charge in [0.25, 0.3) is 0 Å². The van der Waals surface area contributed by atoms with Crippen molar-refractivity contribution in [2.24, 2.45) is 0 Å². The van der Waals surface area contributed by atoms with Gasteiger partial charge in [0.1, 0.15) is 5.75 Å². The van der Waals surface area contributed by atoms with E-state index in [1.165, 1.54) is 6.07 Å². The predicted molar refractivity (Wildman–Crippen MR) is 64.8 cm³/mol. The molecule has 0 saturated heterocycles. The molecule has 0 amide bonds. The summed E-state index contributed by atoms with van der Waals surface area (Å²) in [6.45, 7) is 0. The molecule has 0 heterocycles. The van der Waals surface area contributed by atoms with Gasteiger partial charge in [-0.25, -0.2) is 4.79 Å². The Bertz CT molecular complexity index is 535. The quantitative estimate of drug-likeness (QED) is 0.708. The molecule has 0 aliphatic heterocycles. The van der Waals surface area contributed by atoms with Gasteiger partial charge >= 0.3 is 5.97 Å². The molecule has 17 heavy (non-hydrogen) atoms. The fourth-order valence-electron chi connectivity index (χ4n) is 1.44. The van der Waals surface area contributed by atoms with Gasteiger partial charge in [0.2, 0.25) is 0 Å². The maximum absolute atomic E-state index is 10.8. The third-order valence-corrected chi connectivity index (χ3v) is 2.27. The van der Waals surface area contributed by atoms with Crippen LogP contribution in [0.2, 0.25) is 0 Å². The van der Waals surface area contributed by atoms with Crippen molar-refractivity contribution in [1.29, 1.82) is 0 Å². The molecule has 3 N–H and O–H groups in total. The Morgan fingerprint density at radius 1 is 1.00 bits per heavy atom. The normalized spacial score (nSPS) is 9.88. The van der Waals surface area contributed by atoms with E-state index in [-0.39, 0.29) is 11.3 Å². The topological polar surface area (TPSA) is 69.6 Å². The largest absolute Gasteiger partial charge is 0.508 e. The first-order chi connectivity index (χ1) is 8.15. The molecule has 4 nitrogen and oxygen atoms in total. The van der Waals surface area contributed by atoms with E-state index in [0.29, 0.717) is 5.69 Å². The number of phenols is 1. The minimum atomic E-state index is -0.959. The lowest BCUT2D eigenvalue weighted by Crippen LogP contribution is -1.97. The molecule has 0 aliphatic carbocycles. The van der Waals surface area contributed by atoms with Crippen molar-refractivity contribution in [3.8, 4) is 5.75 Å². The zero-order chi connectivity index (χ0) is 12.3. The van der Waals surface area contributed by atoms with E-state index >= 15 is 0 Å². The minimum Gasteiger partial charge on any atom is -0.508 e. The van der Waals surface area contributed by atoms with Crippen LogP contribution in [0.15, 0.2) is 48.5 Å². The number of carboxylic acid groups (broad SMARTS) is 1. The second-order valence-electron chi connectivity index (χ2n) is 3.56. The van der Waals surface area contributed by atoms with Crippen LogP contribution in [0.3, 0.4) is 0 Å². The monoisotopic (exact) mass is 229 g/mol. The first-order valence-electron chi connectivity index (χ1n) is 5.04. The molecule has 4 heteroatoms. The van der Waals surface area contributed by atoms with E-state index in [4.69, 9.17) is 10.2 Å². The Labute approximate surface area is 98.2 Å². The van der Waals surface area contributed by atoms with Crippen molar-refractivity contribution < 1.29 is 15.0 Å². The molecule has 0 atom stereocenters. The van der Waals surface area contributed by atoms with E-state index in [0.717, 1.165) is 5.69 Å². The molecule has 86 valence electrons. The molecular formula is C13H11NO3. The number of hydrogen-bond donors (Lipinski definition) is 3. The van der Waals surface area contributed by atoms with Gasteiger partial charge in [-0.3, -0.25) is 0 Å². The summed E-state index contributed by atoms with van der Waals surface area (Å²) in [5, 5.41) is 21.0. The highest BCUT2D eigenvalue weighted by Gasteiger charge is 2.03. The van der Waals surface area contributed by atoms with Gasteiger partial charge in [0.15, 0.2) is 0 Å². The molecule has 0 aliphatic rings. The molecule has 2 aromatic carbocycles. The van der Waals surface area contributed by atoms with Crippen molar-refractivity contribution in [3.05, 3.63) is 54.1 Å². The van der Waals surface area contributed by atoms with Crippen molar-refractivity contribution in [1.82, 2.24) is 0 Å². The second-order valence-corrected chi connectivity index (χ2v) is 3.56. The summed E-state index contributed by atoms with van der Waals surface area (Å²) < 4.78 is 0. The summed E-state index contributed by atoms with van der Waals surface area (Å²) in [5.74, 6) is -0.769. The standard InChI is InChI=1S/C13H11NO3/c15-12-6-4-10(5-7-12)14-11-3-1-2-9(8-11)13(16)17/h1-8,14-15H,(H,16,17). The van der Waals surface area contributed by atoms with Gasteiger partial charge in [-0.2, -0.15) is 0 Å². The highest BCUT2D eigenvalue weighted by molar-refractivity contribution is 5.89. The number of phenolic OH excluding ortho intramolecular Hbond substituents is 1. The van der Waals surface area contributed by atoms with Crippen LogP contribution in [0.1, 0.15) is 10.4 Å². The van der Waals surface area contributed by atoms with Crippen LogP contribution in [0.25, 0.3) is 0 Å². The summed E-state index contributed by atoms with van der Waals surface area (Å²) in [5.41, 5.74) is 1.70. The zero-order valence-electron chi connectivity index (χ0n) is 8.92. The molecule has 0 unspecified atom stereocenters. The van der Waals surface area contributed by atoms with Crippen molar-refractivity contribution in [3.63, 3.8) is 0 Å². The Morgan fingerprint density at radius 2 is 1.71 bits per heavy atom. The van der Waals surface area contributed by atoms with Gasteiger partial charge in [0.05, 0.1) is 5.56 Å². The highest BCUT2D eigenvalue weighted by atomic mass is 16.4. The number of anilines is 2. The van der Waals surface area contributed by atoms with Crippen LogP contribution >= 0.6 is 0 Å². The van der Waals surface area contributed by atoms with Crippen LogP contribution in [0.4, 0.5) is 11.4 Å². The van der Waals surface area contributed by atoms with Gasteiger partial charge in [-0.15, -0.1) is 0 Å². The third-order valence-electron chi connectivity index (χ3n) is 2.27. The van der Waals surface area contributed by atoms with Gasteiger partial charge in [0, 0.05) is 11.4 Å². The van der Waals surface area contributed by atoms with Crippen molar-refractivity contribution in [2.45, 2.75) is 0 Å². The number of rotatable bonds is 3.